The molecule has 0 unspecified atom stereocenters. The van der Waals surface area contributed by atoms with Gasteiger partial charge in [-0.15, -0.1) is 0 Å². The van der Waals surface area contributed by atoms with Crippen molar-refractivity contribution in [3.63, 3.8) is 0 Å². The Morgan fingerprint density at radius 3 is 2.83 bits per heavy atom. The third-order valence-corrected chi connectivity index (χ3v) is 2.78. The summed E-state index contributed by atoms with van der Waals surface area (Å²) in [6.07, 6.45) is 0. The number of aryl methyl sites for hydroxylation is 1. The molecular formula is C13H13ClN2O2. The molecule has 18 heavy (non-hydrogen) atoms. The number of carbonyl (C=O) groups is 1. The molecule has 1 N–H and O–H groups in total. The fourth-order valence-electron chi connectivity index (χ4n) is 1.60. The summed E-state index contributed by atoms with van der Waals surface area (Å²) in [4.78, 5) is 11.8. The van der Waals surface area contributed by atoms with Crippen LogP contribution in [-0.2, 0) is 0 Å². The molecule has 0 bridgehead atoms. The van der Waals surface area contributed by atoms with Crippen LogP contribution >= 0.6 is 11.6 Å². The van der Waals surface area contributed by atoms with Crippen LogP contribution in [0.2, 0.25) is 5.02 Å². The number of benzene rings is 1. The average molecular weight is 265 g/mol. The zero-order valence-electron chi connectivity index (χ0n) is 10.1. The largest absolute Gasteiger partial charge is 0.351 e. The lowest BCUT2D eigenvalue weighted by Gasteiger charge is -2.13. The van der Waals surface area contributed by atoms with Crippen LogP contribution in [0, 0.1) is 6.92 Å². The number of hydrogen-bond acceptors (Lipinski definition) is 3. The zero-order chi connectivity index (χ0) is 13.1. The van der Waals surface area contributed by atoms with Crippen molar-refractivity contribution in [1.82, 2.24) is 10.5 Å². The zero-order valence-corrected chi connectivity index (χ0v) is 10.9. The Morgan fingerprint density at radius 1 is 1.44 bits per heavy atom. The second kappa shape index (κ2) is 5.23. The second-order valence-corrected chi connectivity index (χ2v) is 4.52. The summed E-state index contributed by atoms with van der Waals surface area (Å²) in [5.41, 5.74) is 1.61. The Labute approximate surface area is 110 Å². The van der Waals surface area contributed by atoms with Gasteiger partial charge in [0.2, 0.25) is 5.76 Å². The van der Waals surface area contributed by atoms with Crippen LogP contribution in [0.1, 0.15) is 34.8 Å². The fourth-order valence-corrected chi connectivity index (χ4v) is 1.80. The minimum absolute atomic E-state index is 0.151. The van der Waals surface area contributed by atoms with Gasteiger partial charge in [-0.1, -0.05) is 28.9 Å². The molecule has 0 aliphatic heterocycles. The van der Waals surface area contributed by atoms with E-state index in [0.29, 0.717) is 10.7 Å². The predicted octanol–water partition coefficient (Wildman–Crippen LogP) is 3.13. The first-order valence-electron chi connectivity index (χ1n) is 5.56. The van der Waals surface area contributed by atoms with Crippen molar-refractivity contribution in [3.8, 4) is 0 Å². The van der Waals surface area contributed by atoms with Gasteiger partial charge in [-0.3, -0.25) is 4.79 Å². The van der Waals surface area contributed by atoms with E-state index in [1.54, 1.807) is 19.1 Å². The van der Waals surface area contributed by atoms with Gasteiger partial charge in [0.15, 0.2) is 0 Å². The van der Waals surface area contributed by atoms with E-state index in [4.69, 9.17) is 16.1 Å². The standard InChI is InChI=1S/C13H13ClN2O2/c1-8-6-12(18-16-8)13(17)15-9(2)10-4-3-5-11(14)7-10/h3-7,9H,1-2H3,(H,15,17)/t9-/m1/s1. The third-order valence-electron chi connectivity index (χ3n) is 2.55. The highest BCUT2D eigenvalue weighted by Gasteiger charge is 2.15. The molecule has 0 saturated carbocycles. The summed E-state index contributed by atoms with van der Waals surface area (Å²) in [5, 5.41) is 7.14. The lowest BCUT2D eigenvalue weighted by atomic mass is 10.1. The molecule has 0 radical (unpaired) electrons. The van der Waals surface area contributed by atoms with Crippen LogP contribution in [0.25, 0.3) is 0 Å². The van der Waals surface area contributed by atoms with Crippen molar-refractivity contribution < 1.29 is 9.32 Å². The quantitative estimate of drug-likeness (QED) is 0.927. The van der Waals surface area contributed by atoms with E-state index in [0.717, 1.165) is 5.56 Å². The van der Waals surface area contributed by atoms with E-state index in [1.807, 2.05) is 25.1 Å². The molecule has 1 heterocycles. The number of nitrogens with zero attached hydrogens (tertiary/aromatic N) is 1. The van der Waals surface area contributed by atoms with Crippen molar-refractivity contribution in [2.45, 2.75) is 19.9 Å². The number of rotatable bonds is 3. The molecule has 0 fully saturated rings. The van der Waals surface area contributed by atoms with E-state index in [2.05, 4.69) is 10.5 Å². The Bertz CT molecular complexity index is 566. The normalized spacial score (nSPS) is 12.2. The van der Waals surface area contributed by atoms with Crippen LogP contribution < -0.4 is 5.32 Å². The van der Waals surface area contributed by atoms with Gasteiger partial charge < -0.3 is 9.84 Å². The Hall–Kier alpha value is -1.81. The minimum atomic E-state index is -0.289. The predicted molar refractivity (Wildman–Crippen MR) is 68.6 cm³/mol. The molecule has 0 aliphatic rings. The summed E-state index contributed by atoms with van der Waals surface area (Å²) in [5.74, 6) is -0.0792. The molecule has 0 aliphatic carbocycles. The number of aromatic nitrogens is 1. The summed E-state index contributed by atoms with van der Waals surface area (Å²) >= 11 is 5.90. The van der Waals surface area contributed by atoms with Crippen molar-refractivity contribution in [2.24, 2.45) is 0 Å². The summed E-state index contributed by atoms with van der Waals surface area (Å²) in [6.45, 7) is 3.65. The van der Waals surface area contributed by atoms with Crippen LogP contribution in [0.4, 0.5) is 0 Å². The third kappa shape index (κ3) is 2.90. The van der Waals surface area contributed by atoms with Gasteiger partial charge >= 0.3 is 0 Å². The highest BCUT2D eigenvalue weighted by molar-refractivity contribution is 6.30. The molecule has 5 heteroatoms. The Morgan fingerprint density at radius 2 is 2.22 bits per heavy atom. The first-order valence-corrected chi connectivity index (χ1v) is 5.93. The van der Waals surface area contributed by atoms with E-state index < -0.39 is 0 Å². The second-order valence-electron chi connectivity index (χ2n) is 4.08. The van der Waals surface area contributed by atoms with Crippen LogP contribution in [0.5, 0.6) is 0 Å². The fraction of sp³-hybridized carbons (Fsp3) is 0.231. The minimum Gasteiger partial charge on any atom is -0.351 e. The maximum absolute atomic E-state index is 11.8. The maximum Gasteiger partial charge on any atom is 0.290 e. The van der Waals surface area contributed by atoms with Gasteiger partial charge in [0.05, 0.1) is 11.7 Å². The molecule has 1 aromatic heterocycles. The lowest BCUT2D eigenvalue weighted by molar-refractivity contribution is 0.0902. The van der Waals surface area contributed by atoms with Gasteiger partial charge in [0, 0.05) is 11.1 Å². The Kier molecular flexibility index (Phi) is 3.67. The van der Waals surface area contributed by atoms with Crippen LogP contribution in [0.15, 0.2) is 34.9 Å². The summed E-state index contributed by atoms with van der Waals surface area (Å²) < 4.78 is 4.90. The van der Waals surface area contributed by atoms with Gasteiger partial charge in [-0.25, -0.2) is 0 Å². The molecule has 1 aromatic carbocycles. The van der Waals surface area contributed by atoms with Crippen molar-refractivity contribution in [2.75, 3.05) is 0 Å². The molecule has 4 nitrogen and oxygen atoms in total. The number of hydrogen-bond donors (Lipinski definition) is 1. The molecule has 0 spiro atoms. The molecular weight excluding hydrogens is 252 g/mol. The van der Waals surface area contributed by atoms with Crippen molar-refractivity contribution >= 4 is 17.5 Å². The van der Waals surface area contributed by atoms with E-state index >= 15 is 0 Å². The molecule has 0 saturated heterocycles. The smallest absolute Gasteiger partial charge is 0.290 e. The lowest BCUT2D eigenvalue weighted by Crippen LogP contribution is -2.26. The number of carbonyl (C=O) groups excluding carboxylic acids is 1. The van der Waals surface area contributed by atoms with Gasteiger partial charge in [0.25, 0.3) is 5.91 Å². The Balaban J connectivity index is 2.07. The highest BCUT2D eigenvalue weighted by atomic mass is 35.5. The van der Waals surface area contributed by atoms with Crippen molar-refractivity contribution in [3.05, 3.63) is 52.4 Å². The van der Waals surface area contributed by atoms with Crippen molar-refractivity contribution in [1.29, 1.82) is 0 Å². The molecule has 94 valence electrons. The SMILES string of the molecule is Cc1cc(C(=O)N[C@H](C)c2cccc(Cl)c2)on1. The summed E-state index contributed by atoms with van der Waals surface area (Å²) in [7, 11) is 0. The topological polar surface area (TPSA) is 55.1 Å². The van der Waals surface area contributed by atoms with Gasteiger partial charge in [-0.2, -0.15) is 0 Å². The average Bonchev–Trinajstić information content (AvgIpc) is 2.76. The van der Waals surface area contributed by atoms with E-state index in [9.17, 15) is 4.79 Å². The van der Waals surface area contributed by atoms with Gasteiger partial charge in [-0.05, 0) is 31.5 Å². The first kappa shape index (κ1) is 12.6. The number of amides is 1. The molecule has 2 rings (SSSR count). The first-order chi connectivity index (χ1) is 8.56. The number of halogens is 1. The molecule has 2 aromatic rings. The van der Waals surface area contributed by atoms with Crippen LogP contribution in [0.3, 0.4) is 0 Å². The highest BCUT2D eigenvalue weighted by Crippen LogP contribution is 2.17. The van der Waals surface area contributed by atoms with Gasteiger partial charge in [0.1, 0.15) is 0 Å². The molecule has 1 amide bonds. The summed E-state index contributed by atoms with van der Waals surface area (Å²) in [6, 6.07) is 8.81. The maximum atomic E-state index is 11.8. The number of nitrogens with one attached hydrogen (secondary N) is 1. The monoisotopic (exact) mass is 264 g/mol. The van der Waals surface area contributed by atoms with E-state index in [-0.39, 0.29) is 17.7 Å². The van der Waals surface area contributed by atoms with E-state index in [1.165, 1.54) is 0 Å². The molecule has 1 atom stereocenters. The van der Waals surface area contributed by atoms with Crippen LogP contribution in [-0.4, -0.2) is 11.1 Å².